The summed E-state index contributed by atoms with van der Waals surface area (Å²) in [6.45, 7) is -0.637. The Bertz CT molecular complexity index is 897. The molecule has 0 aliphatic carbocycles. The number of anilines is 1. The average Bonchev–Trinajstić information content (AvgIpc) is 2.70. The van der Waals surface area contributed by atoms with Gasteiger partial charge in [0.05, 0.1) is 31.8 Å². The van der Waals surface area contributed by atoms with Gasteiger partial charge >= 0.3 is 5.97 Å². The molecule has 0 aromatic heterocycles. The first-order chi connectivity index (χ1) is 13.4. The zero-order chi connectivity index (χ0) is 20.7. The molecule has 10 nitrogen and oxygen atoms in total. The largest absolute Gasteiger partial charge is 0.497 e. The molecule has 2 aromatic rings. The van der Waals surface area contributed by atoms with Gasteiger partial charge in [0.25, 0.3) is 11.6 Å². The number of hydrogen-bond acceptors (Lipinski definition) is 8. The summed E-state index contributed by atoms with van der Waals surface area (Å²) < 4.78 is 20.1. The monoisotopic (exact) mass is 390 g/mol. The molecule has 0 fully saturated rings. The maximum atomic E-state index is 12.1. The van der Waals surface area contributed by atoms with E-state index in [4.69, 9.17) is 18.9 Å². The van der Waals surface area contributed by atoms with E-state index < -0.39 is 23.4 Å². The number of nitro benzene ring substituents is 1. The number of hydrogen-bond donors (Lipinski definition) is 1. The fourth-order valence-electron chi connectivity index (χ4n) is 2.27. The quantitative estimate of drug-likeness (QED) is 0.414. The number of benzene rings is 2. The van der Waals surface area contributed by atoms with Gasteiger partial charge in [0.1, 0.15) is 11.4 Å². The standard InChI is InChI=1S/C18H18N2O8/c1-25-12-5-6-14(20(23)24)13(9-12)19-17(21)10-28-18(22)11-4-7-15(26-2)16(8-11)27-3/h4-9H,10H2,1-3H3,(H,19,21). The molecule has 2 rings (SSSR count). The number of ether oxygens (including phenoxy) is 4. The summed E-state index contributed by atoms with van der Waals surface area (Å²) >= 11 is 0. The van der Waals surface area contributed by atoms with Gasteiger partial charge in [-0.1, -0.05) is 0 Å². The van der Waals surface area contributed by atoms with Crippen LogP contribution < -0.4 is 19.5 Å². The fourth-order valence-corrected chi connectivity index (χ4v) is 2.27. The van der Waals surface area contributed by atoms with Gasteiger partial charge in [-0.05, 0) is 24.3 Å². The molecule has 28 heavy (non-hydrogen) atoms. The maximum absolute atomic E-state index is 12.1. The summed E-state index contributed by atoms with van der Waals surface area (Å²) in [7, 11) is 4.26. The van der Waals surface area contributed by atoms with Crippen LogP contribution in [0, 0.1) is 10.1 Å². The lowest BCUT2D eigenvalue weighted by molar-refractivity contribution is -0.383. The van der Waals surface area contributed by atoms with Crippen LogP contribution in [0.25, 0.3) is 0 Å². The SMILES string of the molecule is COc1ccc([N+](=O)[O-])c(NC(=O)COC(=O)c2ccc(OC)c(OC)c2)c1. The average molecular weight is 390 g/mol. The van der Waals surface area contributed by atoms with Crippen molar-refractivity contribution < 1.29 is 33.5 Å². The Kier molecular flexibility index (Phi) is 6.74. The second-order valence-corrected chi connectivity index (χ2v) is 5.33. The molecule has 0 saturated heterocycles. The lowest BCUT2D eigenvalue weighted by atomic mass is 10.2. The van der Waals surface area contributed by atoms with Crippen molar-refractivity contribution in [2.45, 2.75) is 0 Å². The molecule has 1 N–H and O–H groups in total. The van der Waals surface area contributed by atoms with Gasteiger partial charge in [-0.15, -0.1) is 0 Å². The number of nitrogens with zero attached hydrogens (tertiary/aromatic N) is 1. The van der Waals surface area contributed by atoms with Gasteiger partial charge in [-0.2, -0.15) is 0 Å². The van der Waals surface area contributed by atoms with Crippen LogP contribution in [0.4, 0.5) is 11.4 Å². The third-order valence-electron chi connectivity index (χ3n) is 3.63. The van der Waals surface area contributed by atoms with E-state index in [9.17, 15) is 19.7 Å². The molecule has 0 aliphatic rings. The van der Waals surface area contributed by atoms with E-state index in [0.29, 0.717) is 17.2 Å². The van der Waals surface area contributed by atoms with Crippen molar-refractivity contribution >= 4 is 23.3 Å². The zero-order valence-corrected chi connectivity index (χ0v) is 15.4. The Morgan fingerprint density at radius 2 is 1.71 bits per heavy atom. The molecule has 10 heteroatoms. The Balaban J connectivity index is 2.05. The number of rotatable bonds is 8. The summed E-state index contributed by atoms with van der Waals surface area (Å²) in [6, 6.07) is 8.27. The molecule has 0 bridgehead atoms. The number of nitro groups is 1. The second kappa shape index (κ2) is 9.21. The van der Waals surface area contributed by atoms with Crippen molar-refractivity contribution in [1.29, 1.82) is 0 Å². The van der Waals surface area contributed by atoms with Crippen LogP contribution in [0.2, 0.25) is 0 Å². The van der Waals surface area contributed by atoms with Crippen molar-refractivity contribution in [2.75, 3.05) is 33.3 Å². The number of carbonyl (C=O) groups excluding carboxylic acids is 2. The lowest BCUT2D eigenvalue weighted by Gasteiger charge is -2.10. The summed E-state index contributed by atoms with van der Waals surface area (Å²) in [5, 5.41) is 13.4. The number of nitrogens with one attached hydrogen (secondary N) is 1. The predicted octanol–water partition coefficient (Wildman–Crippen LogP) is 2.42. The topological polar surface area (TPSA) is 126 Å². The van der Waals surface area contributed by atoms with E-state index in [0.717, 1.165) is 0 Å². The molecule has 0 spiro atoms. The number of amides is 1. The molecule has 0 heterocycles. The molecule has 0 saturated carbocycles. The van der Waals surface area contributed by atoms with Gasteiger partial charge in [0.2, 0.25) is 0 Å². The Morgan fingerprint density at radius 3 is 2.32 bits per heavy atom. The van der Waals surface area contributed by atoms with Gasteiger partial charge in [-0.3, -0.25) is 14.9 Å². The van der Waals surface area contributed by atoms with Gasteiger partial charge in [0.15, 0.2) is 18.1 Å². The zero-order valence-electron chi connectivity index (χ0n) is 15.4. The molecule has 0 unspecified atom stereocenters. The highest BCUT2D eigenvalue weighted by atomic mass is 16.6. The third-order valence-corrected chi connectivity index (χ3v) is 3.63. The van der Waals surface area contributed by atoms with Gasteiger partial charge in [-0.25, -0.2) is 4.79 Å². The van der Waals surface area contributed by atoms with E-state index >= 15 is 0 Å². The van der Waals surface area contributed by atoms with Crippen molar-refractivity contribution in [3.8, 4) is 17.2 Å². The smallest absolute Gasteiger partial charge is 0.338 e. The lowest BCUT2D eigenvalue weighted by Crippen LogP contribution is -2.21. The highest BCUT2D eigenvalue weighted by molar-refractivity contribution is 5.97. The second-order valence-electron chi connectivity index (χ2n) is 5.33. The third kappa shape index (κ3) is 4.87. The van der Waals surface area contributed by atoms with Crippen molar-refractivity contribution in [1.82, 2.24) is 0 Å². The van der Waals surface area contributed by atoms with Crippen molar-refractivity contribution in [3.63, 3.8) is 0 Å². The molecule has 0 atom stereocenters. The minimum atomic E-state index is -0.767. The molecule has 2 aromatic carbocycles. The van der Waals surface area contributed by atoms with Crippen LogP contribution in [-0.4, -0.2) is 44.7 Å². The predicted molar refractivity (Wildman–Crippen MR) is 98.1 cm³/mol. The summed E-state index contributed by atoms with van der Waals surface area (Å²) in [4.78, 5) is 34.6. The van der Waals surface area contributed by atoms with Crippen molar-refractivity contribution in [3.05, 3.63) is 52.1 Å². The van der Waals surface area contributed by atoms with E-state index in [1.165, 1.54) is 57.7 Å². The molecular formula is C18H18N2O8. The summed E-state index contributed by atoms with van der Waals surface area (Å²) in [5.74, 6) is -0.430. The first-order valence-electron chi connectivity index (χ1n) is 7.91. The minimum Gasteiger partial charge on any atom is -0.497 e. The van der Waals surface area contributed by atoms with Gasteiger partial charge < -0.3 is 24.3 Å². The van der Waals surface area contributed by atoms with Crippen molar-refractivity contribution in [2.24, 2.45) is 0 Å². The highest BCUT2D eigenvalue weighted by Gasteiger charge is 2.18. The van der Waals surface area contributed by atoms with Crippen LogP contribution in [0.3, 0.4) is 0 Å². The number of esters is 1. The maximum Gasteiger partial charge on any atom is 0.338 e. The van der Waals surface area contributed by atoms with Crippen LogP contribution in [0.1, 0.15) is 10.4 Å². The van der Waals surface area contributed by atoms with Crippen LogP contribution in [0.15, 0.2) is 36.4 Å². The fraction of sp³-hybridized carbons (Fsp3) is 0.222. The van der Waals surface area contributed by atoms with Crippen LogP contribution in [-0.2, 0) is 9.53 Å². The van der Waals surface area contributed by atoms with Gasteiger partial charge in [0, 0.05) is 12.1 Å². The number of carbonyl (C=O) groups is 2. The minimum absolute atomic E-state index is 0.0727. The van der Waals surface area contributed by atoms with E-state index in [1.807, 2.05) is 0 Å². The summed E-state index contributed by atoms with van der Waals surface area (Å²) in [6.07, 6.45) is 0. The first-order valence-corrected chi connectivity index (χ1v) is 7.91. The van der Waals surface area contributed by atoms with Crippen LogP contribution in [0.5, 0.6) is 17.2 Å². The van der Waals surface area contributed by atoms with E-state index in [-0.39, 0.29) is 16.9 Å². The molecule has 0 aliphatic heterocycles. The normalized spacial score (nSPS) is 9.96. The Morgan fingerprint density at radius 1 is 1.00 bits per heavy atom. The van der Waals surface area contributed by atoms with E-state index in [1.54, 1.807) is 0 Å². The molecule has 0 radical (unpaired) electrons. The van der Waals surface area contributed by atoms with E-state index in [2.05, 4.69) is 5.32 Å². The highest BCUT2D eigenvalue weighted by Crippen LogP contribution is 2.29. The molecular weight excluding hydrogens is 372 g/mol. The Labute approximate surface area is 160 Å². The van der Waals surface area contributed by atoms with Crippen LogP contribution >= 0.6 is 0 Å². The first kappa shape index (κ1) is 20.5. The molecule has 1 amide bonds. The molecule has 148 valence electrons. The number of methoxy groups -OCH3 is 3. The summed E-state index contributed by atoms with van der Waals surface area (Å²) in [5.41, 5.74) is -0.241. The Hall–Kier alpha value is -3.82.